The Morgan fingerprint density at radius 1 is 1.10 bits per heavy atom. The molecular formula is C21H23F3N2O4S. The molecule has 10 heteroatoms. The van der Waals surface area contributed by atoms with Crippen molar-refractivity contribution >= 4 is 15.9 Å². The van der Waals surface area contributed by atoms with Gasteiger partial charge in [-0.1, -0.05) is 18.2 Å². The van der Waals surface area contributed by atoms with Gasteiger partial charge in [-0.25, -0.2) is 13.1 Å². The van der Waals surface area contributed by atoms with Crippen molar-refractivity contribution in [2.24, 2.45) is 0 Å². The topological polar surface area (TPSA) is 75.7 Å². The van der Waals surface area contributed by atoms with Crippen LogP contribution in [0, 0.1) is 0 Å². The van der Waals surface area contributed by atoms with Crippen LogP contribution < -0.4 is 4.72 Å². The Morgan fingerprint density at radius 3 is 2.29 bits per heavy atom. The summed E-state index contributed by atoms with van der Waals surface area (Å²) < 4.78 is 71.2. The van der Waals surface area contributed by atoms with Crippen LogP contribution in [0.1, 0.15) is 35.3 Å². The van der Waals surface area contributed by atoms with Crippen molar-refractivity contribution < 1.29 is 31.1 Å². The van der Waals surface area contributed by atoms with Crippen LogP contribution in [-0.4, -0.2) is 44.5 Å². The number of morpholine rings is 1. The second-order valence-electron chi connectivity index (χ2n) is 7.51. The zero-order valence-electron chi connectivity index (χ0n) is 17.0. The monoisotopic (exact) mass is 456 g/mol. The molecule has 1 amide bonds. The predicted octanol–water partition coefficient (Wildman–Crippen LogP) is 3.43. The van der Waals surface area contributed by atoms with Gasteiger partial charge in [-0.05, 0) is 49.7 Å². The summed E-state index contributed by atoms with van der Waals surface area (Å²) in [5.41, 5.74) is -0.00779. The molecule has 0 unspecified atom stereocenters. The number of halogens is 3. The van der Waals surface area contributed by atoms with Crippen LogP contribution in [0.25, 0.3) is 0 Å². The fourth-order valence-corrected chi connectivity index (χ4v) is 4.46. The van der Waals surface area contributed by atoms with E-state index in [2.05, 4.69) is 4.72 Å². The van der Waals surface area contributed by atoms with Crippen molar-refractivity contribution in [3.63, 3.8) is 0 Å². The highest BCUT2D eigenvalue weighted by atomic mass is 32.2. The van der Waals surface area contributed by atoms with Gasteiger partial charge in [0.25, 0.3) is 5.91 Å². The lowest BCUT2D eigenvalue weighted by Crippen LogP contribution is -2.48. The molecule has 1 aliphatic heterocycles. The molecule has 2 atom stereocenters. The van der Waals surface area contributed by atoms with Crippen LogP contribution in [-0.2, 0) is 27.5 Å². The zero-order chi connectivity index (χ0) is 22.8. The van der Waals surface area contributed by atoms with E-state index in [1.165, 1.54) is 0 Å². The van der Waals surface area contributed by atoms with Crippen LogP contribution in [0.3, 0.4) is 0 Å². The van der Waals surface area contributed by atoms with Crippen LogP contribution >= 0.6 is 0 Å². The van der Waals surface area contributed by atoms with Gasteiger partial charge < -0.3 is 9.64 Å². The number of sulfonamides is 1. The molecule has 1 fully saturated rings. The smallest absolute Gasteiger partial charge is 0.372 e. The molecule has 0 aliphatic carbocycles. The molecule has 1 saturated heterocycles. The van der Waals surface area contributed by atoms with Gasteiger partial charge in [0.2, 0.25) is 10.0 Å². The molecule has 168 valence electrons. The molecule has 2 aromatic carbocycles. The third kappa shape index (κ3) is 5.84. The summed E-state index contributed by atoms with van der Waals surface area (Å²) >= 11 is 0. The summed E-state index contributed by atoms with van der Waals surface area (Å²) in [4.78, 5) is 13.9. The number of amides is 1. The molecule has 6 nitrogen and oxygen atoms in total. The number of nitrogens with one attached hydrogen (secondary N) is 1. The highest BCUT2D eigenvalue weighted by Gasteiger charge is 2.31. The maximum atomic E-state index is 12.8. The summed E-state index contributed by atoms with van der Waals surface area (Å²) in [5.74, 6) is -0.141. The minimum Gasteiger partial charge on any atom is -0.372 e. The first-order valence-corrected chi connectivity index (χ1v) is 11.1. The lowest BCUT2D eigenvalue weighted by Gasteiger charge is -2.35. The molecule has 31 heavy (non-hydrogen) atoms. The quantitative estimate of drug-likeness (QED) is 0.748. The van der Waals surface area contributed by atoms with Crippen molar-refractivity contribution in [1.82, 2.24) is 9.62 Å². The van der Waals surface area contributed by atoms with E-state index in [1.807, 2.05) is 13.8 Å². The van der Waals surface area contributed by atoms with E-state index >= 15 is 0 Å². The summed E-state index contributed by atoms with van der Waals surface area (Å²) in [6.45, 7) is 4.65. The van der Waals surface area contributed by atoms with Gasteiger partial charge in [0.1, 0.15) is 0 Å². The molecular weight excluding hydrogens is 433 g/mol. The van der Waals surface area contributed by atoms with E-state index in [-0.39, 0.29) is 24.7 Å². The highest BCUT2D eigenvalue weighted by molar-refractivity contribution is 7.89. The number of hydrogen-bond acceptors (Lipinski definition) is 4. The summed E-state index contributed by atoms with van der Waals surface area (Å²) in [5, 5.41) is 0. The van der Waals surface area contributed by atoms with Gasteiger partial charge in [-0.3, -0.25) is 4.79 Å². The van der Waals surface area contributed by atoms with Crippen LogP contribution in [0.4, 0.5) is 13.2 Å². The van der Waals surface area contributed by atoms with Gasteiger partial charge in [0.05, 0.1) is 22.7 Å². The Morgan fingerprint density at radius 2 is 1.71 bits per heavy atom. The lowest BCUT2D eigenvalue weighted by molar-refractivity contribution is -0.137. The van der Waals surface area contributed by atoms with Crippen LogP contribution in [0.15, 0.2) is 53.4 Å². The number of nitrogens with zero attached hydrogens (tertiary/aromatic N) is 1. The molecule has 1 aliphatic rings. The fraction of sp³-hybridized carbons (Fsp3) is 0.381. The molecule has 1 heterocycles. The van der Waals surface area contributed by atoms with E-state index in [0.29, 0.717) is 30.3 Å². The third-order valence-electron chi connectivity index (χ3n) is 4.85. The fourth-order valence-electron chi connectivity index (χ4n) is 3.39. The molecule has 2 aromatic rings. The number of ether oxygens (including phenoxy) is 1. The van der Waals surface area contributed by atoms with Crippen LogP contribution in [0.2, 0.25) is 0 Å². The first-order chi connectivity index (χ1) is 14.5. The van der Waals surface area contributed by atoms with Gasteiger partial charge in [0, 0.05) is 25.2 Å². The van der Waals surface area contributed by atoms with E-state index in [0.717, 1.165) is 18.2 Å². The summed E-state index contributed by atoms with van der Waals surface area (Å²) in [6, 6.07) is 9.96. The molecule has 1 N–H and O–H groups in total. The number of benzene rings is 2. The second-order valence-corrected chi connectivity index (χ2v) is 9.28. The number of rotatable bonds is 5. The van der Waals surface area contributed by atoms with Gasteiger partial charge in [-0.2, -0.15) is 13.2 Å². The maximum absolute atomic E-state index is 12.8. The Balaban J connectivity index is 1.66. The summed E-state index contributed by atoms with van der Waals surface area (Å²) in [6.07, 6.45) is -4.75. The van der Waals surface area contributed by atoms with Crippen LogP contribution in [0.5, 0.6) is 0 Å². The van der Waals surface area contributed by atoms with Crippen molar-refractivity contribution in [3.05, 3.63) is 65.2 Å². The average Bonchev–Trinajstić information content (AvgIpc) is 2.71. The molecule has 3 rings (SSSR count). The van der Waals surface area contributed by atoms with Crippen molar-refractivity contribution in [2.45, 2.75) is 43.7 Å². The molecule has 0 bridgehead atoms. The third-order valence-corrected chi connectivity index (χ3v) is 6.24. The van der Waals surface area contributed by atoms with Gasteiger partial charge in [-0.15, -0.1) is 0 Å². The first kappa shape index (κ1) is 23.2. The molecule has 0 aromatic heterocycles. The average molecular weight is 456 g/mol. The predicted molar refractivity (Wildman–Crippen MR) is 108 cm³/mol. The zero-order valence-corrected chi connectivity index (χ0v) is 17.8. The maximum Gasteiger partial charge on any atom is 0.416 e. The number of alkyl halides is 3. The molecule has 0 spiro atoms. The van der Waals surface area contributed by atoms with Gasteiger partial charge in [0.15, 0.2) is 0 Å². The van der Waals surface area contributed by atoms with Crippen molar-refractivity contribution in [1.29, 1.82) is 0 Å². The highest BCUT2D eigenvalue weighted by Crippen LogP contribution is 2.30. The first-order valence-electron chi connectivity index (χ1n) is 9.66. The Hall–Kier alpha value is -2.43. The van der Waals surface area contributed by atoms with E-state index < -0.39 is 26.7 Å². The molecule has 0 saturated carbocycles. The number of hydrogen-bond donors (Lipinski definition) is 1. The normalized spacial score (nSPS) is 20.0. The van der Waals surface area contributed by atoms with E-state index in [1.54, 1.807) is 29.2 Å². The molecule has 0 radical (unpaired) electrons. The largest absolute Gasteiger partial charge is 0.416 e. The summed E-state index contributed by atoms with van der Waals surface area (Å²) in [7, 11) is -4.14. The number of carbonyl (C=O) groups excluding carboxylic acids is 1. The lowest BCUT2D eigenvalue weighted by atomic mass is 10.1. The van der Waals surface area contributed by atoms with E-state index in [9.17, 15) is 26.4 Å². The second kappa shape index (κ2) is 8.97. The SMILES string of the molecule is C[C@@H]1CN(C(=O)c2ccc(CNS(=O)(=O)c3cccc(C(F)(F)F)c3)cc2)C[C@@H](C)O1. The minimum absolute atomic E-state index is 0.0581. The Labute approximate surface area is 179 Å². The standard InChI is InChI=1S/C21H23F3N2O4S/c1-14-12-26(13-15(2)30-14)20(27)17-8-6-16(7-9-17)11-25-31(28,29)19-5-3-4-18(10-19)21(22,23)24/h3-10,14-15,25H,11-13H2,1-2H3/t14-,15-/m1/s1. The van der Waals surface area contributed by atoms with Crippen molar-refractivity contribution in [3.8, 4) is 0 Å². The Bertz CT molecular complexity index is 1030. The number of carbonyl (C=O) groups is 1. The minimum atomic E-state index is -4.63. The van der Waals surface area contributed by atoms with Crippen molar-refractivity contribution in [2.75, 3.05) is 13.1 Å². The van der Waals surface area contributed by atoms with Gasteiger partial charge >= 0.3 is 6.18 Å². The Kier molecular flexibility index (Phi) is 6.73. The van der Waals surface area contributed by atoms with E-state index in [4.69, 9.17) is 4.74 Å².